The van der Waals surface area contributed by atoms with Gasteiger partial charge in [0.2, 0.25) is 5.91 Å². The number of nitrogens with zero attached hydrogens (tertiary/aromatic N) is 1. The predicted octanol–water partition coefficient (Wildman–Crippen LogP) is -1.05. The van der Waals surface area contributed by atoms with Gasteiger partial charge in [-0.2, -0.15) is 12.7 Å². The molecule has 0 radical (unpaired) electrons. The molecule has 0 aliphatic rings. The zero-order chi connectivity index (χ0) is 10.5. The highest BCUT2D eigenvalue weighted by molar-refractivity contribution is 7.84. The Morgan fingerprint density at radius 3 is 2.38 bits per heavy atom. The third-order valence-corrected chi connectivity index (χ3v) is 2.47. The SMILES string of the molecule is CCNC(=O)COS(=O)(=O)N(C)C. The smallest absolute Gasteiger partial charge is 0.338 e. The van der Waals surface area contributed by atoms with Crippen LogP contribution in [0.3, 0.4) is 0 Å². The molecule has 0 unspecified atom stereocenters. The van der Waals surface area contributed by atoms with E-state index in [9.17, 15) is 13.2 Å². The zero-order valence-electron chi connectivity index (χ0n) is 7.90. The molecule has 0 fully saturated rings. The largest absolute Gasteiger partial charge is 0.354 e. The number of hydrogen-bond acceptors (Lipinski definition) is 4. The fourth-order valence-electron chi connectivity index (χ4n) is 0.482. The number of hydrogen-bond donors (Lipinski definition) is 1. The molecule has 0 saturated heterocycles. The summed E-state index contributed by atoms with van der Waals surface area (Å²) in [4.78, 5) is 10.8. The molecule has 0 spiro atoms. The lowest BCUT2D eigenvalue weighted by atomic mass is 10.6. The minimum absolute atomic E-state index is 0.449. The lowest BCUT2D eigenvalue weighted by molar-refractivity contribution is -0.123. The summed E-state index contributed by atoms with van der Waals surface area (Å²) in [5, 5.41) is 2.41. The number of nitrogens with one attached hydrogen (secondary N) is 1. The van der Waals surface area contributed by atoms with E-state index in [1.165, 1.54) is 14.1 Å². The van der Waals surface area contributed by atoms with Crippen molar-refractivity contribution < 1.29 is 17.4 Å². The van der Waals surface area contributed by atoms with Gasteiger partial charge in [-0.1, -0.05) is 0 Å². The van der Waals surface area contributed by atoms with Crippen molar-refractivity contribution in [1.82, 2.24) is 9.62 Å². The maximum Gasteiger partial charge on any atom is 0.338 e. The van der Waals surface area contributed by atoms with Crippen LogP contribution in [0.25, 0.3) is 0 Å². The van der Waals surface area contributed by atoms with Gasteiger partial charge >= 0.3 is 10.3 Å². The van der Waals surface area contributed by atoms with Gasteiger partial charge in [0, 0.05) is 20.6 Å². The summed E-state index contributed by atoms with van der Waals surface area (Å²) in [7, 11) is -1.09. The van der Waals surface area contributed by atoms with Gasteiger partial charge in [-0.05, 0) is 6.92 Å². The molecular formula is C6H14N2O4S. The van der Waals surface area contributed by atoms with Gasteiger partial charge < -0.3 is 5.32 Å². The number of amides is 1. The number of rotatable bonds is 5. The summed E-state index contributed by atoms with van der Waals surface area (Å²) >= 11 is 0. The minimum Gasteiger partial charge on any atom is -0.354 e. The summed E-state index contributed by atoms with van der Waals surface area (Å²) in [6.45, 7) is 1.71. The van der Waals surface area contributed by atoms with Crippen molar-refractivity contribution in [3.05, 3.63) is 0 Å². The molecule has 0 aromatic heterocycles. The molecule has 0 atom stereocenters. The van der Waals surface area contributed by atoms with E-state index >= 15 is 0 Å². The van der Waals surface area contributed by atoms with Crippen LogP contribution in [0.4, 0.5) is 0 Å². The number of carbonyl (C=O) groups excluding carboxylic acids is 1. The lowest BCUT2D eigenvalue weighted by Crippen LogP contribution is -2.32. The molecule has 78 valence electrons. The molecule has 1 N–H and O–H groups in total. The van der Waals surface area contributed by atoms with E-state index in [1.807, 2.05) is 0 Å². The third-order valence-electron chi connectivity index (χ3n) is 1.16. The fraction of sp³-hybridized carbons (Fsp3) is 0.833. The van der Waals surface area contributed by atoms with E-state index in [1.54, 1.807) is 6.92 Å². The molecule has 0 aliphatic heterocycles. The normalized spacial score (nSPS) is 11.7. The van der Waals surface area contributed by atoms with Gasteiger partial charge in [-0.3, -0.25) is 4.79 Å². The Hall–Kier alpha value is -0.660. The molecule has 0 aromatic carbocycles. The summed E-state index contributed by atoms with van der Waals surface area (Å²) < 4.78 is 27.2. The Balaban J connectivity index is 3.96. The first-order valence-electron chi connectivity index (χ1n) is 3.73. The highest BCUT2D eigenvalue weighted by atomic mass is 32.2. The van der Waals surface area contributed by atoms with Crippen molar-refractivity contribution in [3.8, 4) is 0 Å². The molecule has 7 heteroatoms. The molecular weight excluding hydrogens is 196 g/mol. The van der Waals surface area contributed by atoms with E-state index < -0.39 is 22.8 Å². The van der Waals surface area contributed by atoms with Crippen LogP contribution in [0.15, 0.2) is 0 Å². The van der Waals surface area contributed by atoms with Crippen LogP contribution in [0.2, 0.25) is 0 Å². The van der Waals surface area contributed by atoms with Crippen LogP contribution in [-0.4, -0.2) is 45.9 Å². The minimum atomic E-state index is -3.74. The van der Waals surface area contributed by atoms with Crippen molar-refractivity contribution in [2.45, 2.75) is 6.92 Å². The molecule has 13 heavy (non-hydrogen) atoms. The van der Waals surface area contributed by atoms with Crippen LogP contribution in [0.5, 0.6) is 0 Å². The average molecular weight is 210 g/mol. The topological polar surface area (TPSA) is 75.7 Å². The molecule has 1 amide bonds. The summed E-state index contributed by atoms with van der Waals surface area (Å²) in [5.41, 5.74) is 0. The van der Waals surface area contributed by atoms with E-state index in [-0.39, 0.29) is 0 Å². The van der Waals surface area contributed by atoms with Crippen LogP contribution < -0.4 is 5.32 Å². The lowest BCUT2D eigenvalue weighted by Gasteiger charge is -2.10. The molecule has 0 saturated carbocycles. The monoisotopic (exact) mass is 210 g/mol. The van der Waals surface area contributed by atoms with Gasteiger partial charge in [0.1, 0.15) is 6.61 Å². The highest BCUT2D eigenvalue weighted by Crippen LogP contribution is 1.95. The summed E-state index contributed by atoms with van der Waals surface area (Å²) in [6.07, 6.45) is 0. The van der Waals surface area contributed by atoms with Crippen molar-refractivity contribution in [2.75, 3.05) is 27.2 Å². The van der Waals surface area contributed by atoms with Gasteiger partial charge in [-0.15, -0.1) is 0 Å². The summed E-state index contributed by atoms with van der Waals surface area (Å²) in [5.74, 6) is -0.451. The standard InChI is InChI=1S/C6H14N2O4S/c1-4-7-6(9)5-12-13(10,11)8(2)3/h4-5H2,1-3H3,(H,7,9). The predicted molar refractivity (Wildman–Crippen MR) is 47.2 cm³/mol. The zero-order valence-corrected chi connectivity index (χ0v) is 8.72. The fourth-order valence-corrected chi connectivity index (χ4v) is 0.948. The third kappa shape index (κ3) is 4.81. The van der Waals surface area contributed by atoms with Gasteiger partial charge in [-0.25, -0.2) is 4.18 Å². The molecule has 0 aliphatic carbocycles. The highest BCUT2D eigenvalue weighted by Gasteiger charge is 2.15. The van der Waals surface area contributed by atoms with Gasteiger partial charge in [0.05, 0.1) is 0 Å². The second kappa shape index (κ2) is 5.15. The van der Waals surface area contributed by atoms with E-state index in [2.05, 4.69) is 9.50 Å². The van der Waals surface area contributed by atoms with E-state index in [4.69, 9.17) is 0 Å². The Morgan fingerprint density at radius 2 is 2.00 bits per heavy atom. The Morgan fingerprint density at radius 1 is 1.46 bits per heavy atom. The second-order valence-corrected chi connectivity index (χ2v) is 4.28. The van der Waals surface area contributed by atoms with Crippen molar-refractivity contribution >= 4 is 16.2 Å². The molecule has 0 rings (SSSR count). The Kier molecular flexibility index (Phi) is 4.89. The first-order valence-corrected chi connectivity index (χ1v) is 5.10. The van der Waals surface area contributed by atoms with Crippen molar-refractivity contribution in [2.24, 2.45) is 0 Å². The van der Waals surface area contributed by atoms with Crippen LogP contribution >= 0.6 is 0 Å². The first-order chi connectivity index (χ1) is 5.90. The molecule has 6 nitrogen and oxygen atoms in total. The Labute approximate surface area is 78.1 Å². The number of likely N-dealkylation sites (N-methyl/N-ethyl adjacent to an activating group) is 1. The second-order valence-electron chi connectivity index (χ2n) is 2.46. The van der Waals surface area contributed by atoms with Gasteiger partial charge in [0.25, 0.3) is 0 Å². The van der Waals surface area contributed by atoms with Crippen LogP contribution in [0.1, 0.15) is 6.92 Å². The quantitative estimate of drug-likeness (QED) is 0.628. The van der Waals surface area contributed by atoms with E-state index in [0.717, 1.165) is 4.31 Å². The maximum absolute atomic E-state index is 11.0. The van der Waals surface area contributed by atoms with Crippen LogP contribution in [-0.2, 0) is 19.3 Å². The molecule has 0 aromatic rings. The summed E-state index contributed by atoms with van der Waals surface area (Å²) in [6, 6.07) is 0. The number of carbonyl (C=O) groups is 1. The van der Waals surface area contributed by atoms with Crippen LogP contribution in [0, 0.1) is 0 Å². The molecule has 0 bridgehead atoms. The van der Waals surface area contributed by atoms with E-state index in [0.29, 0.717) is 6.54 Å². The average Bonchev–Trinajstić information content (AvgIpc) is 2.01. The van der Waals surface area contributed by atoms with Crippen molar-refractivity contribution in [3.63, 3.8) is 0 Å². The van der Waals surface area contributed by atoms with Crippen molar-refractivity contribution in [1.29, 1.82) is 0 Å². The molecule has 0 heterocycles. The first kappa shape index (κ1) is 12.3. The maximum atomic E-state index is 11.0. The Bertz CT molecular complexity index is 260. The van der Waals surface area contributed by atoms with Gasteiger partial charge in [0.15, 0.2) is 0 Å².